The van der Waals surface area contributed by atoms with E-state index in [1.54, 1.807) is 16.4 Å². The van der Waals surface area contributed by atoms with Crippen LogP contribution in [0, 0.1) is 12.7 Å². The van der Waals surface area contributed by atoms with Gasteiger partial charge < -0.3 is 0 Å². The molecule has 0 aliphatic carbocycles. The van der Waals surface area contributed by atoms with Crippen molar-refractivity contribution in [1.82, 2.24) is 4.31 Å². The van der Waals surface area contributed by atoms with E-state index in [-0.39, 0.29) is 5.75 Å². The van der Waals surface area contributed by atoms with Crippen LogP contribution in [0.3, 0.4) is 0 Å². The Morgan fingerprint density at radius 3 is 2.72 bits per heavy atom. The molecule has 3 rings (SSSR count). The van der Waals surface area contributed by atoms with Crippen LogP contribution in [0.25, 0.3) is 0 Å². The first-order valence-electron chi connectivity index (χ1n) is 8.35. The summed E-state index contributed by atoms with van der Waals surface area (Å²) in [6, 6.07) is 14.1. The zero-order valence-corrected chi connectivity index (χ0v) is 15.8. The molecule has 2 aromatic rings. The molecule has 134 valence electrons. The van der Waals surface area contributed by atoms with Gasteiger partial charge in [0.1, 0.15) is 5.82 Å². The second-order valence-corrected chi connectivity index (χ2v) is 9.57. The Kier molecular flexibility index (Phi) is 5.81. The lowest BCUT2D eigenvalue weighted by atomic mass is 10.0. The Balaban J connectivity index is 1.71. The van der Waals surface area contributed by atoms with Gasteiger partial charge in [-0.05, 0) is 42.2 Å². The van der Waals surface area contributed by atoms with Gasteiger partial charge in [0.25, 0.3) is 0 Å². The van der Waals surface area contributed by atoms with Gasteiger partial charge in [-0.25, -0.2) is 17.1 Å². The molecule has 3 nitrogen and oxygen atoms in total. The lowest BCUT2D eigenvalue weighted by Crippen LogP contribution is -2.34. The molecule has 0 saturated carbocycles. The fourth-order valence-electron chi connectivity index (χ4n) is 3.15. The average molecular weight is 380 g/mol. The van der Waals surface area contributed by atoms with Gasteiger partial charge in [-0.3, -0.25) is 0 Å². The van der Waals surface area contributed by atoms with E-state index in [2.05, 4.69) is 19.1 Å². The number of thioether (sulfide) groups is 1. The molecule has 0 amide bonds. The minimum Gasteiger partial charge on any atom is -0.212 e. The van der Waals surface area contributed by atoms with Crippen LogP contribution in [0.5, 0.6) is 0 Å². The number of hydrogen-bond acceptors (Lipinski definition) is 3. The van der Waals surface area contributed by atoms with E-state index in [1.165, 1.54) is 23.3 Å². The maximum absolute atomic E-state index is 13.3. The number of benzene rings is 2. The van der Waals surface area contributed by atoms with E-state index in [4.69, 9.17) is 0 Å². The first-order valence-corrected chi connectivity index (χ1v) is 11.0. The Morgan fingerprint density at radius 2 is 1.96 bits per heavy atom. The summed E-state index contributed by atoms with van der Waals surface area (Å²) in [4.78, 5) is 0. The van der Waals surface area contributed by atoms with E-state index >= 15 is 0 Å². The minimum absolute atomic E-state index is 0.148. The molecule has 1 unspecified atom stereocenters. The molecule has 1 atom stereocenters. The first-order chi connectivity index (χ1) is 12.0. The van der Waals surface area contributed by atoms with Crippen LogP contribution in [0.15, 0.2) is 48.5 Å². The van der Waals surface area contributed by atoms with Crippen LogP contribution in [0.2, 0.25) is 0 Å². The molecule has 0 radical (unpaired) electrons. The molecule has 25 heavy (non-hydrogen) atoms. The van der Waals surface area contributed by atoms with E-state index in [9.17, 15) is 12.8 Å². The summed E-state index contributed by atoms with van der Waals surface area (Å²) in [5, 5.41) is 0.315. The molecule has 1 fully saturated rings. The second-order valence-electron chi connectivity index (χ2n) is 6.29. The fraction of sp³-hybridized carbons (Fsp3) is 0.368. The van der Waals surface area contributed by atoms with Crippen molar-refractivity contribution in [3.63, 3.8) is 0 Å². The summed E-state index contributed by atoms with van der Waals surface area (Å²) in [7, 11) is -3.44. The molecule has 1 saturated heterocycles. The largest absolute Gasteiger partial charge is 0.218 e. The number of rotatable bonds is 4. The van der Waals surface area contributed by atoms with E-state index in [1.807, 2.05) is 23.9 Å². The molecule has 0 aromatic heterocycles. The zero-order valence-electron chi connectivity index (χ0n) is 14.2. The predicted molar refractivity (Wildman–Crippen MR) is 102 cm³/mol. The number of halogens is 1. The van der Waals surface area contributed by atoms with Crippen LogP contribution in [-0.2, 0) is 15.8 Å². The van der Waals surface area contributed by atoms with Crippen molar-refractivity contribution in [2.24, 2.45) is 0 Å². The number of sulfonamides is 1. The van der Waals surface area contributed by atoms with Crippen LogP contribution < -0.4 is 0 Å². The standard InChI is InChI=1S/C19H22FNO2S2/c1-15-5-2-3-8-18(15)19-9-10-21(11-12-24-19)25(22,23)14-16-6-4-7-17(20)13-16/h2-8,13,19H,9-12,14H2,1H3. The molecule has 1 aliphatic heterocycles. The van der Waals surface area contributed by atoms with Gasteiger partial charge in [0.05, 0.1) is 5.75 Å². The fourth-order valence-corrected chi connectivity index (χ4v) is 6.13. The van der Waals surface area contributed by atoms with Gasteiger partial charge in [-0.15, -0.1) is 0 Å². The SMILES string of the molecule is Cc1ccccc1C1CCN(S(=O)(=O)Cc2cccc(F)c2)CCS1. The van der Waals surface area contributed by atoms with Crippen molar-refractivity contribution in [1.29, 1.82) is 0 Å². The number of aryl methyl sites for hydroxylation is 1. The monoisotopic (exact) mass is 379 g/mol. The highest BCUT2D eigenvalue weighted by atomic mass is 32.2. The van der Waals surface area contributed by atoms with Crippen molar-refractivity contribution >= 4 is 21.8 Å². The van der Waals surface area contributed by atoms with Crippen LogP contribution in [0.1, 0.15) is 28.4 Å². The van der Waals surface area contributed by atoms with Crippen molar-refractivity contribution in [3.8, 4) is 0 Å². The molecular weight excluding hydrogens is 357 g/mol. The summed E-state index contributed by atoms with van der Waals surface area (Å²) < 4.78 is 40.3. The third-order valence-electron chi connectivity index (χ3n) is 4.47. The lowest BCUT2D eigenvalue weighted by molar-refractivity contribution is 0.427. The van der Waals surface area contributed by atoms with Gasteiger partial charge in [-0.2, -0.15) is 11.8 Å². The van der Waals surface area contributed by atoms with E-state index < -0.39 is 15.8 Å². The third-order valence-corrected chi connectivity index (χ3v) is 7.63. The topological polar surface area (TPSA) is 37.4 Å². The Hall–Kier alpha value is -1.37. The zero-order chi connectivity index (χ0) is 17.9. The van der Waals surface area contributed by atoms with Crippen molar-refractivity contribution in [2.75, 3.05) is 18.8 Å². The van der Waals surface area contributed by atoms with E-state index in [0.29, 0.717) is 23.9 Å². The molecule has 1 aliphatic rings. The summed E-state index contributed by atoms with van der Waals surface area (Å²) in [5.74, 6) is 0.213. The maximum Gasteiger partial charge on any atom is 0.218 e. The predicted octanol–water partition coefficient (Wildman–Crippen LogP) is 4.14. The third kappa shape index (κ3) is 4.63. The average Bonchev–Trinajstić information content (AvgIpc) is 2.81. The quantitative estimate of drug-likeness (QED) is 0.801. The number of nitrogens with zero attached hydrogens (tertiary/aromatic N) is 1. The van der Waals surface area contributed by atoms with E-state index in [0.717, 1.165) is 12.2 Å². The molecule has 0 bridgehead atoms. The highest BCUT2D eigenvalue weighted by molar-refractivity contribution is 7.99. The Morgan fingerprint density at radius 1 is 1.16 bits per heavy atom. The lowest BCUT2D eigenvalue weighted by Gasteiger charge is -2.20. The maximum atomic E-state index is 13.3. The number of hydrogen-bond donors (Lipinski definition) is 0. The molecule has 2 aromatic carbocycles. The van der Waals surface area contributed by atoms with Gasteiger partial charge in [0, 0.05) is 24.1 Å². The smallest absolute Gasteiger partial charge is 0.212 e. The first kappa shape index (κ1) is 18.4. The molecule has 6 heteroatoms. The highest BCUT2D eigenvalue weighted by Crippen LogP contribution is 2.36. The van der Waals surface area contributed by atoms with Crippen molar-refractivity contribution < 1.29 is 12.8 Å². The molecular formula is C19H22FNO2S2. The van der Waals surface area contributed by atoms with Gasteiger partial charge in [0.15, 0.2) is 0 Å². The summed E-state index contributed by atoms with van der Waals surface area (Å²) in [5.41, 5.74) is 3.03. The van der Waals surface area contributed by atoms with Gasteiger partial charge in [0.2, 0.25) is 10.0 Å². The van der Waals surface area contributed by atoms with Crippen LogP contribution in [0.4, 0.5) is 4.39 Å². The van der Waals surface area contributed by atoms with Gasteiger partial charge in [-0.1, -0.05) is 36.4 Å². The second kappa shape index (κ2) is 7.89. The molecule has 1 heterocycles. The molecule has 0 N–H and O–H groups in total. The molecule has 0 spiro atoms. The van der Waals surface area contributed by atoms with Crippen LogP contribution >= 0.6 is 11.8 Å². The van der Waals surface area contributed by atoms with Crippen molar-refractivity contribution in [3.05, 3.63) is 71.0 Å². The van der Waals surface area contributed by atoms with Gasteiger partial charge >= 0.3 is 0 Å². The van der Waals surface area contributed by atoms with Crippen molar-refractivity contribution in [2.45, 2.75) is 24.3 Å². The van der Waals surface area contributed by atoms with Crippen LogP contribution in [-0.4, -0.2) is 31.6 Å². The Bertz CT molecular complexity index is 839. The highest BCUT2D eigenvalue weighted by Gasteiger charge is 2.27. The summed E-state index contributed by atoms with van der Waals surface area (Å²) in [6.07, 6.45) is 0.790. The minimum atomic E-state index is -3.44. The summed E-state index contributed by atoms with van der Waals surface area (Å²) >= 11 is 1.81. The normalized spacial score (nSPS) is 19.5. The Labute approximate surface area is 153 Å². The summed E-state index contributed by atoms with van der Waals surface area (Å²) in [6.45, 7) is 3.10.